The lowest BCUT2D eigenvalue weighted by Crippen LogP contribution is -2.04. The highest BCUT2D eigenvalue weighted by atomic mass is 16.6. The van der Waals surface area contributed by atoms with Crippen molar-refractivity contribution in [3.63, 3.8) is 0 Å². The van der Waals surface area contributed by atoms with Gasteiger partial charge in [0.15, 0.2) is 0 Å². The summed E-state index contributed by atoms with van der Waals surface area (Å²) in [7, 11) is 0. The molecule has 20 heavy (non-hydrogen) atoms. The Bertz CT molecular complexity index is 675. The average molecular weight is 281 g/mol. The maximum absolute atomic E-state index is 10.8. The summed E-state index contributed by atoms with van der Waals surface area (Å²) in [6.45, 7) is 0. The molecule has 0 radical (unpaired) electrons. The number of nitrogens with zero attached hydrogens (tertiary/aromatic N) is 7. The van der Waals surface area contributed by atoms with Gasteiger partial charge in [-0.1, -0.05) is 0 Å². The second kappa shape index (κ2) is 4.63. The van der Waals surface area contributed by atoms with E-state index in [1.807, 2.05) is 0 Å². The van der Waals surface area contributed by atoms with E-state index >= 15 is 0 Å². The van der Waals surface area contributed by atoms with E-state index in [1.54, 1.807) is 0 Å². The summed E-state index contributed by atoms with van der Waals surface area (Å²) < 4.78 is 0.906. The number of nitro benzene ring substituents is 3. The minimum Gasteiger partial charge on any atom is -0.258 e. The molecule has 0 fully saturated rings. The Labute approximate surface area is 107 Å². The van der Waals surface area contributed by atoms with Crippen molar-refractivity contribution in [3.8, 4) is 5.69 Å². The lowest BCUT2D eigenvalue weighted by atomic mass is 10.2. The van der Waals surface area contributed by atoms with E-state index in [0.717, 1.165) is 23.1 Å². The fourth-order valence-corrected chi connectivity index (χ4v) is 1.47. The average Bonchev–Trinajstić information content (AvgIpc) is 2.90. The summed E-state index contributed by atoms with van der Waals surface area (Å²) in [6, 6.07) is 1.56. The fraction of sp³-hybridized carbons (Fsp3) is 0. The van der Waals surface area contributed by atoms with Crippen LogP contribution in [-0.2, 0) is 0 Å². The van der Waals surface area contributed by atoms with Crippen LogP contribution in [0.1, 0.15) is 0 Å². The summed E-state index contributed by atoms with van der Waals surface area (Å²) in [4.78, 5) is 29.1. The van der Waals surface area contributed by atoms with Gasteiger partial charge in [-0.2, -0.15) is 0 Å². The van der Waals surface area contributed by atoms with Gasteiger partial charge in [-0.25, -0.2) is 4.68 Å². The van der Waals surface area contributed by atoms with Gasteiger partial charge in [-0.3, -0.25) is 30.3 Å². The molecule has 0 N–H and O–H groups in total. The van der Waals surface area contributed by atoms with E-state index in [2.05, 4.69) is 15.5 Å². The van der Waals surface area contributed by atoms with Crippen LogP contribution in [0.3, 0.4) is 0 Å². The summed E-state index contributed by atoms with van der Waals surface area (Å²) in [5.74, 6) is 0. The van der Waals surface area contributed by atoms with E-state index in [-0.39, 0.29) is 5.69 Å². The van der Waals surface area contributed by atoms with Gasteiger partial charge in [-0.05, 0) is 10.4 Å². The first-order valence-electron chi connectivity index (χ1n) is 4.76. The van der Waals surface area contributed by atoms with Crippen molar-refractivity contribution in [2.45, 2.75) is 0 Å². The zero-order valence-electron chi connectivity index (χ0n) is 9.31. The number of aromatic nitrogens is 4. The summed E-state index contributed by atoms with van der Waals surface area (Å²) in [5.41, 5.74) is -3.37. The predicted molar refractivity (Wildman–Crippen MR) is 59.1 cm³/mol. The smallest absolute Gasteiger partial charge is 0.258 e. The van der Waals surface area contributed by atoms with Crippen molar-refractivity contribution < 1.29 is 14.8 Å². The van der Waals surface area contributed by atoms with Crippen molar-refractivity contribution in [1.82, 2.24) is 20.2 Å². The zero-order valence-corrected chi connectivity index (χ0v) is 9.31. The lowest BCUT2D eigenvalue weighted by Gasteiger charge is -2.01. The van der Waals surface area contributed by atoms with Crippen LogP contribution in [0.25, 0.3) is 5.69 Å². The zero-order chi connectivity index (χ0) is 14.9. The predicted octanol–water partition coefficient (Wildman–Crippen LogP) is 0.387. The molecule has 0 spiro atoms. The molecule has 0 saturated carbocycles. The van der Waals surface area contributed by atoms with E-state index in [9.17, 15) is 30.3 Å². The molecule has 0 bridgehead atoms. The minimum atomic E-state index is -1.20. The third-order valence-electron chi connectivity index (χ3n) is 2.24. The van der Waals surface area contributed by atoms with Crippen molar-refractivity contribution in [2.75, 3.05) is 0 Å². The van der Waals surface area contributed by atoms with E-state index in [1.165, 1.54) is 0 Å². The third kappa shape index (κ3) is 2.09. The molecule has 1 aromatic heterocycles. The maximum Gasteiger partial charge on any atom is 0.422 e. The Morgan fingerprint density at radius 1 is 0.950 bits per heavy atom. The fourth-order valence-electron chi connectivity index (χ4n) is 1.47. The van der Waals surface area contributed by atoms with Crippen LogP contribution in [0.4, 0.5) is 17.1 Å². The molecule has 1 aromatic carbocycles. The molecule has 2 aromatic rings. The van der Waals surface area contributed by atoms with Gasteiger partial charge in [-0.15, -0.1) is 5.10 Å². The molecule has 0 amide bonds. The Kier molecular flexibility index (Phi) is 3.00. The van der Waals surface area contributed by atoms with Crippen LogP contribution in [0.2, 0.25) is 0 Å². The van der Waals surface area contributed by atoms with Gasteiger partial charge in [0.25, 0.3) is 0 Å². The van der Waals surface area contributed by atoms with Crippen LogP contribution in [0, 0.1) is 30.3 Å². The molecular formula is C7H3N7O6. The summed E-state index contributed by atoms with van der Waals surface area (Å²) in [5, 5.41) is 42.4. The van der Waals surface area contributed by atoms with Crippen molar-refractivity contribution in [3.05, 3.63) is 48.8 Å². The van der Waals surface area contributed by atoms with Crippen molar-refractivity contribution in [2.24, 2.45) is 0 Å². The Morgan fingerprint density at radius 2 is 1.50 bits per heavy atom. The molecule has 2 rings (SSSR count). The van der Waals surface area contributed by atoms with E-state index < -0.39 is 31.8 Å². The molecule has 13 nitrogen and oxygen atoms in total. The van der Waals surface area contributed by atoms with Crippen LogP contribution in [-0.4, -0.2) is 35.0 Å². The molecule has 0 saturated heterocycles. The normalized spacial score (nSPS) is 10.2. The molecular weight excluding hydrogens is 278 g/mol. The van der Waals surface area contributed by atoms with Gasteiger partial charge in [0.05, 0.1) is 20.5 Å². The monoisotopic (exact) mass is 281 g/mol. The minimum absolute atomic E-state index is 0.140. The molecule has 0 aliphatic heterocycles. The highest BCUT2D eigenvalue weighted by molar-refractivity contribution is 5.70. The van der Waals surface area contributed by atoms with Crippen molar-refractivity contribution in [1.29, 1.82) is 0 Å². The SMILES string of the molecule is O=[N+]([O-])c1cc(-n2cnnn2)cc([N+](=O)[O-])c1[N+](=O)[O-]. The standard InChI is InChI=1S/C7H3N7O6/c15-12(16)5-1-4(11-3-8-9-10-11)2-6(13(17)18)7(5)14(19)20/h1-3H. The summed E-state index contributed by atoms with van der Waals surface area (Å²) in [6.07, 6.45) is 1.04. The van der Waals surface area contributed by atoms with Crippen LogP contribution >= 0.6 is 0 Å². The second-order valence-electron chi connectivity index (χ2n) is 3.36. The Hall–Kier alpha value is -3.51. The highest BCUT2D eigenvalue weighted by Crippen LogP contribution is 2.38. The number of rotatable bonds is 4. The Morgan fingerprint density at radius 3 is 1.85 bits per heavy atom. The van der Waals surface area contributed by atoms with Crippen LogP contribution in [0.5, 0.6) is 0 Å². The largest absolute Gasteiger partial charge is 0.422 e. The summed E-state index contributed by atoms with van der Waals surface area (Å²) >= 11 is 0. The molecule has 1 heterocycles. The maximum atomic E-state index is 10.8. The Balaban J connectivity index is 2.80. The van der Waals surface area contributed by atoms with Gasteiger partial charge >= 0.3 is 17.1 Å². The first kappa shape index (κ1) is 12.9. The molecule has 13 heteroatoms. The number of benzene rings is 1. The quantitative estimate of drug-likeness (QED) is 0.566. The lowest BCUT2D eigenvalue weighted by molar-refractivity contribution is -0.441. The first-order valence-corrected chi connectivity index (χ1v) is 4.76. The highest BCUT2D eigenvalue weighted by Gasteiger charge is 2.37. The van der Waals surface area contributed by atoms with Crippen molar-refractivity contribution >= 4 is 17.1 Å². The van der Waals surface area contributed by atoms with Gasteiger partial charge in [0, 0.05) is 12.1 Å². The molecule has 0 aliphatic carbocycles. The van der Waals surface area contributed by atoms with E-state index in [4.69, 9.17) is 0 Å². The van der Waals surface area contributed by atoms with Gasteiger partial charge in [0.2, 0.25) is 0 Å². The number of tetrazole rings is 1. The number of hydrogen-bond donors (Lipinski definition) is 0. The molecule has 0 aliphatic rings. The molecule has 0 unspecified atom stereocenters. The van der Waals surface area contributed by atoms with E-state index in [0.29, 0.717) is 0 Å². The van der Waals surface area contributed by atoms with Gasteiger partial charge < -0.3 is 0 Å². The van der Waals surface area contributed by atoms with Crippen LogP contribution in [0.15, 0.2) is 18.5 Å². The topological polar surface area (TPSA) is 173 Å². The first-order chi connectivity index (χ1) is 9.41. The third-order valence-corrected chi connectivity index (χ3v) is 2.24. The number of hydrogen-bond acceptors (Lipinski definition) is 9. The van der Waals surface area contributed by atoms with Crippen LogP contribution < -0.4 is 0 Å². The second-order valence-corrected chi connectivity index (χ2v) is 3.36. The molecule has 0 atom stereocenters. The molecule has 102 valence electrons. The number of nitro groups is 3. The van der Waals surface area contributed by atoms with Gasteiger partial charge in [0.1, 0.15) is 6.33 Å².